The number of alkyl halides is 2. The van der Waals surface area contributed by atoms with Gasteiger partial charge < -0.3 is 5.11 Å². The minimum atomic E-state index is -0.794. The number of unbranched alkanes of at least 4 members (excludes halogenated alkanes) is 3. The van der Waals surface area contributed by atoms with Crippen molar-refractivity contribution in [2.75, 3.05) is 0 Å². The number of rotatable bonds is 7. The van der Waals surface area contributed by atoms with Crippen LogP contribution in [0.2, 0.25) is 0 Å². The van der Waals surface area contributed by atoms with Crippen LogP contribution in [0.15, 0.2) is 0 Å². The van der Waals surface area contributed by atoms with Crippen molar-refractivity contribution in [3.05, 3.63) is 0 Å². The van der Waals surface area contributed by atoms with E-state index in [1.54, 1.807) is 0 Å². The highest BCUT2D eigenvalue weighted by molar-refractivity contribution is 9.12. The van der Waals surface area contributed by atoms with Gasteiger partial charge in [-0.15, -0.1) is 0 Å². The van der Waals surface area contributed by atoms with Crippen molar-refractivity contribution in [1.29, 1.82) is 0 Å². The van der Waals surface area contributed by atoms with E-state index in [0.717, 1.165) is 12.8 Å². The number of hydrogen-bond acceptors (Lipinski definition) is 1. The molecule has 0 aliphatic heterocycles. The molecule has 0 saturated carbocycles. The van der Waals surface area contributed by atoms with E-state index < -0.39 is 10.8 Å². The number of aliphatic carboxylic acids is 1. The molecule has 0 unspecified atom stereocenters. The van der Waals surface area contributed by atoms with Crippen LogP contribution >= 0.6 is 31.9 Å². The molecule has 0 aromatic heterocycles. The Balaban J connectivity index is 3.50. The zero-order valence-electron chi connectivity index (χ0n) is 7.80. The molecule has 0 spiro atoms. The molecule has 1 N–H and O–H groups in total. The van der Waals surface area contributed by atoms with Gasteiger partial charge >= 0.3 is 5.97 Å². The van der Waals surface area contributed by atoms with E-state index in [-0.39, 0.29) is 4.83 Å². The third kappa shape index (κ3) is 6.49. The number of carbonyl (C=O) groups is 1. The van der Waals surface area contributed by atoms with Crippen molar-refractivity contribution in [2.24, 2.45) is 0 Å². The van der Waals surface area contributed by atoms with Crippen LogP contribution in [0, 0.1) is 0 Å². The smallest absolute Gasteiger partial charge is 0.318 e. The summed E-state index contributed by atoms with van der Waals surface area (Å²) in [6, 6.07) is 0. The highest BCUT2D eigenvalue weighted by atomic mass is 79.9. The van der Waals surface area contributed by atoms with E-state index in [2.05, 4.69) is 38.8 Å². The van der Waals surface area contributed by atoms with Gasteiger partial charge in [-0.1, -0.05) is 64.5 Å². The molecule has 13 heavy (non-hydrogen) atoms. The normalized spacial score (nSPS) is 15.3. The second kappa shape index (κ2) is 7.80. The number of carboxylic acids is 1. The van der Waals surface area contributed by atoms with Gasteiger partial charge in [-0.2, -0.15) is 0 Å². The maximum absolute atomic E-state index is 10.6. The van der Waals surface area contributed by atoms with Gasteiger partial charge in [-0.25, -0.2) is 0 Å². The van der Waals surface area contributed by atoms with Gasteiger partial charge in [-0.05, 0) is 6.42 Å². The Morgan fingerprint density at radius 2 is 1.92 bits per heavy atom. The SMILES string of the molecule is CCCCCC[C@@H](Br)[C@@H](Br)C(=O)O. The van der Waals surface area contributed by atoms with Crippen LogP contribution in [0.4, 0.5) is 0 Å². The van der Waals surface area contributed by atoms with E-state index >= 15 is 0 Å². The minimum absolute atomic E-state index is 0.0434. The molecule has 0 radical (unpaired) electrons. The maximum atomic E-state index is 10.6. The van der Waals surface area contributed by atoms with Crippen LogP contribution in [0.25, 0.3) is 0 Å². The van der Waals surface area contributed by atoms with Crippen molar-refractivity contribution < 1.29 is 9.90 Å². The van der Waals surface area contributed by atoms with Gasteiger partial charge in [-0.3, -0.25) is 4.79 Å². The fourth-order valence-electron chi connectivity index (χ4n) is 1.07. The molecular weight excluding hydrogens is 300 g/mol. The molecule has 78 valence electrons. The van der Waals surface area contributed by atoms with Gasteiger partial charge in [0.15, 0.2) is 0 Å². The topological polar surface area (TPSA) is 37.3 Å². The first-order chi connectivity index (χ1) is 6.09. The number of halogens is 2. The van der Waals surface area contributed by atoms with Crippen LogP contribution in [-0.4, -0.2) is 20.7 Å². The zero-order valence-corrected chi connectivity index (χ0v) is 11.0. The largest absolute Gasteiger partial charge is 0.480 e. The molecule has 4 heteroatoms. The first-order valence-electron chi connectivity index (χ1n) is 4.60. The first kappa shape index (κ1) is 13.4. The van der Waals surface area contributed by atoms with E-state index in [9.17, 15) is 4.79 Å². The second-order valence-electron chi connectivity index (χ2n) is 3.11. The third-order valence-corrected chi connectivity index (χ3v) is 4.61. The lowest BCUT2D eigenvalue weighted by molar-refractivity contribution is -0.136. The Labute approximate surface area is 96.3 Å². The fraction of sp³-hybridized carbons (Fsp3) is 0.889. The predicted molar refractivity (Wildman–Crippen MR) is 61.8 cm³/mol. The number of hydrogen-bond donors (Lipinski definition) is 1. The van der Waals surface area contributed by atoms with Gasteiger partial charge in [0, 0.05) is 4.83 Å². The van der Waals surface area contributed by atoms with Crippen LogP contribution in [0.3, 0.4) is 0 Å². The summed E-state index contributed by atoms with van der Waals surface area (Å²) < 4.78 is 0. The van der Waals surface area contributed by atoms with Crippen LogP contribution in [0.5, 0.6) is 0 Å². The van der Waals surface area contributed by atoms with E-state index in [0.29, 0.717) is 0 Å². The van der Waals surface area contributed by atoms with Crippen molar-refractivity contribution >= 4 is 37.8 Å². The molecule has 0 saturated heterocycles. The highest BCUT2D eigenvalue weighted by Crippen LogP contribution is 2.20. The Kier molecular flexibility index (Phi) is 8.06. The summed E-state index contributed by atoms with van der Waals surface area (Å²) in [7, 11) is 0. The molecule has 0 fully saturated rings. The van der Waals surface area contributed by atoms with E-state index in [1.165, 1.54) is 19.3 Å². The van der Waals surface area contributed by atoms with Gasteiger partial charge in [0.2, 0.25) is 0 Å². The van der Waals surface area contributed by atoms with Crippen LogP contribution in [0.1, 0.15) is 39.0 Å². The summed E-state index contributed by atoms with van der Waals surface area (Å²) in [6.45, 7) is 2.16. The molecule has 0 aromatic rings. The molecule has 0 heterocycles. The van der Waals surface area contributed by atoms with Gasteiger partial charge in [0.05, 0.1) is 0 Å². The Morgan fingerprint density at radius 1 is 1.31 bits per heavy atom. The summed E-state index contributed by atoms with van der Waals surface area (Å²) in [6.07, 6.45) is 5.66. The lowest BCUT2D eigenvalue weighted by Gasteiger charge is -2.11. The van der Waals surface area contributed by atoms with Crippen molar-refractivity contribution in [3.63, 3.8) is 0 Å². The Bertz CT molecular complexity index is 151. The van der Waals surface area contributed by atoms with Gasteiger partial charge in [0.1, 0.15) is 4.83 Å². The molecule has 0 aromatic carbocycles. The molecule has 2 nitrogen and oxygen atoms in total. The summed E-state index contributed by atoms with van der Waals surface area (Å²) in [5, 5.41) is 8.68. The standard InChI is InChI=1S/C9H16Br2O2/c1-2-3-4-5-6-7(10)8(11)9(12)13/h7-8H,2-6H2,1H3,(H,12,13)/t7-,8-/m1/s1. The maximum Gasteiger partial charge on any atom is 0.318 e. The lowest BCUT2D eigenvalue weighted by atomic mass is 10.1. The highest BCUT2D eigenvalue weighted by Gasteiger charge is 2.21. The monoisotopic (exact) mass is 314 g/mol. The molecule has 0 aliphatic carbocycles. The lowest BCUT2D eigenvalue weighted by Crippen LogP contribution is -2.23. The third-order valence-electron chi connectivity index (χ3n) is 1.89. The van der Waals surface area contributed by atoms with Crippen LogP contribution in [-0.2, 0) is 4.79 Å². The first-order valence-corrected chi connectivity index (χ1v) is 6.43. The molecule has 0 rings (SSSR count). The summed E-state index contributed by atoms with van der Waals surface area (Å²) in [5.74, 6) is -0.794. The second-order valence-corrected chi connectivity index (χ2v) is 5.27. The molecule has 0 bridgehead atoms. The zero-order chi connectivity index (χ0) is 10.3. The fourth-order valence-corrected chi connectivity index (χ4v) is 1.88. The summed E-state index contributed by atoms with van der Waals surface area (Å²) in [5.41, 5.74) is 0. The predicted octanol–water partition coefficient (Wildman–Crippen LogP) is 3.57. The van der Waals surface area contributed by atoms with E-state index in [1.807, 2.05) is 0 Å². The Hall–Kier alpha value is 0.430. The molecule has 0 amide bonds. The minimum Gasteiger partial charge on any atom is -0.480 e. The molecule has 2 atom stereocenters. The van der Waals surface area contributed by atoms with E-state index in [4.69, 9.17) is 5.11 Å². The van der Waals surface area contributed by atoms with Crippen molar-refractivity contribution in [3.8, 4) is 0 Å². The number of carboxylic acid groups (broad SMARTS) is 1. The molecular formula is C9H16Br2O2. The van der Waals surface area contributed by atoms with Gasteiger partial charge in [0.25, 0.3) is 0 Å². The average Bonchev–Trinajstić information content (AvgIpc) is 2.10. The Morgan fingerprint density at radius 3 is 2.38 bits per heavy atom. The summed E-state index contributed by atoms with van der Waals surface area (Å²) >= 11 is 6.50. The quantitative estimate of drug-likeness (QED) is 0.576. The summed E-state index contributed by atoms with van der Waals surface area (Å²) in [4.78, 5) is 10.1. The van der Waals surface area contributed by atoms with Crippen molar-refractivity contribution in [1.82, 2.24) is 0 Å². The average molecular weight is 316 g/mol. The van der Waals surface area contributed by atoms with Crippen LogP contribution < -0.4 is 0 Å². The molecule has 0 aliphatic rings. The van der Waals surface area contributed by atoms with Crippen molar-refractivity contribution in [2.45, 2.75) is 48.7 Å².